The molecule has 5 N–H and O–H groups in total. The van der Waals surface area contributed by atoms with Gasteiger partial charge in [0.05, 0.1) is 17.1 Å². The smallest absolute Gasteiger partial charge is 0.259 e. The number of hydrogen-bond acceptors (Lipinski definition) is 4. The maximum Gasteiger partial charge on any atom is 0.259 e. The molecule has 0 saturated heterocycles. The third-order valence-electron chi connectivity index (χ3n) is 3.34. The van der Waals surface area contributed by atoms with Crippen molar-refractivity contribution in [3.63, 3.8) is 0 Å². The van der Waals surface area contributed by atoms with Gasteiger partial charge < -0.3 is 15.4 Å². The minimum Gasteiger partial charge on any atom is -0.507 e. The van der Waals surface area contributed by atoms with Crippen LogP contribution < -0.4 is 22.1 Å². The summed E-state index contributed by atoms with van der Waals surface area (Å²) in [6.45, 7) is 4.15. The summed E-state index contributed by atoms with van der Waals surface area (Å²) in [5.41, 5.74) is 11.5. The van der Waals surface area contributed by atoms with E-state index in [2.05, 4.69) is 10.9 Å². The molecule has 0 fully saturated rings. The molecule has 0 radical (unpaired) electrons. The number of benzene rings is 1. The van der Waals surface area contributed by atoms with Crippen molar-refractivity contribution in [1.29, 1.82) is 0 Å². The van der Waals surface area contributed by atoms with Crippen molar-refractivity contribution < 1.29 is 5.11 Å². The summed E-state index contributed by atoms with van der Waals surface area (Å²) in [5.74, 6) is -0.0231. The highest BCUT2D eigenvalue weighted by Gasteiger charge is 2.20. The Bertz CT molecular complexity index is 742. The average molecular weight is 306 g/mol. The van der Waals surface area contributed by atoms with Crippen molar-refractivity contribution >= 4 is 28.2 Å². The third-order valence-corrected chi connectivity index (χ3v) is 3.44. The molecule has 0 spiro atoms. The van der Waals surface area contributed by atoms with Crippen molar-refractivity contribution in [2.24, 2.45) is 5.73 Å². The number of aromatic hydroxyl groups is 1. The van der Waals surface area contributed by atoms with Gasteiger partial charge in [-0.3, -0.25) is 10.2 Å². The Morgan fingerprint density at radius 1 is 1.48 bits per heavy atom. The van der Waals surface area contributed by atoms with E-state index in [1.54, 1.807) is 17.6 Å². The second-order valence-electron chi connectivity index (χ2n) is 4.68. The second-order valence-corrected chi connectivity index (χ2v) is 5.12. The first kappa shape index (κ1) is 15.3. The molecule has 0 unspecified atom stereocenters. The average Bonchev–Trinajstić information content (AvgIpc) is 2.46. The molecule has 1 atom stereocenters. The fourth-order valence-electron chi connectivity index (χ4n) is 2.37. The van der Waals surface area contributed by atoms with E-state index in [1.807, 2.05) is 25.1 Å². The third kappa shape index (κ3) is 2.84. The van der Waals surface area contributed by atoms with E-state index in [0.29, 0.717) is 17.4 Å². The highest BCUT2D eigenvalue weighted by Crippen LogP contribution is 2.29. The zero-order chi connectivity index (χ0) is 15.6. The Morgan fingerprint density at radius 3 is 2.76 bits per heavy atom. The molecule has 0 aliphatic carbocycles. The minimum absolute atomic E-state index is 0.0231. The Labute approximate surface area is 127 Å². The summed E-state index contributed by atoms with van der Waals surface area (Å²) in [6, 6.07) is 6.80. The second kappa shape index (κ2) is 6.11. The van der Waals surface area contributed by atoms with Crippen molar-refractivity contribution in [2.45, 2.75) is 26.4 Å². The fourth-order valence-corrected chi connectivity index (χ4v) is 2.43. The number of hydrogen-bond donors (Lipinski definition) is 4. The summed E-state index contributed by atoms with van der Waals surface area (Å²) in [4.78, 5) is 12.6. The van der Waals surface area contributed by atoms with Gasteiger partial charge in [0.25, 0.3) is 5.56 Å². The van der Waals surface area contributed by atoms with Crippen molar-refractivity contribution in [3.05, 3.63) is 40.2 Å². The number of hydrazine groups is 1. The van der Waals surface area contributed by atoms with Crippen LogP contribution in [0.15, 0.2) is 29.1 Å². The van der Waals surface area contributed by atoms with Gasteiger partial charge in [-0.2, -0.15) is 0 Å². The van der Waals surface area contributed by atoms with Crippen LogP contribution in [0.3, 0.4) is 0 Å². The predicted octanol–water partition coefficient (Wildman–Crippen LogP) is 1.13. The molecule has 21 heavy (non-hydrogen) atoms. The lowest BCUT2D eigenvalue weighted by Gasteiger charge is -2.19. The number of nitrogens with zero attached hydrogens (tertiary/aromatic N) is 1. The van der Waals surface area contributed by atoms with Crippen molar-refractivity contribution in [2.75, 3.05) is 0 Å². The summed E-state index contributed by atoms with van der Waals surface area (Å²) in [5, 5.41) is 11.1. The van der Waals surface area contributed by atoms with Crippen LogP contribution in [0, 0.1) is 0 Å². The van der Waals surface area contributed by atoms with E-state index in [1.165, 1.54) is 0 Å². The van der Waals surface area contributed by atoms with Gasteiger partial charge in [0.2, 0.25) is 0 Å². The number of aryl methyl sites for hydroxylation is 1. The molecule has 1 aromatic heterocycles. The first-order chi connectivity index (χ1) is 9.97. The Balaban J connectivity index is 2.63. The van der Waals surface area contributed by atoms with Gasteiger partial charge in [-0.15, -0.1) is 0 Å². The molecular weight excluding hydrogens is 288 g/mol. The zero-order valence-electron chi connectivity index (χ0n) is 11.9. The van der Waals surface area contributed by atoms with Gasteiger partial charge in [-0.25, -0.2) is 5.43 Å². The van der Waals surface area contributed by atoms with E-state index in [4.69, 9.17) is 18.0 Å². The number of nitrogens with one attached hydrogen (secondary N) is 2. The molecule has 0 aliphatic rings. The summed E-state index contributed by atoms with van der Waals surface area (Å²) in [7, 11) is 0. The van der Waals surface area contributed by atoms with Gasteiger partial charge in [0.15, 0.2) is 5.11 Å². The number of pyridine rings is 1. The SMILES string of the molecule is CCn1c(=O)c([C@H](C)NNC(N)=S)c(O)c2ccccc21. The van der Waals surface area contributed by atoms with Gasteiger partial charge in [0, 0.05) is 11.9 Å². The minimum atomic E-state index is -0.457. The van der Waals surface area contributed by atoms with E-state index < -0.39 is 6.04 Å². The monoisotopic (exact) mass is 306 g/mol. The van der Waals surface area contributed by atoms with Crippen LogP contribution in [0.1, 0.15) is 25.5 Å². The van der Waals surface area contributed by atoms with Crippen LogP contribution in [0.5, 0.6) is 5.75 Å². The number of para-hydroxylation sites is 1. The van der Waals surface area contributed by atoms with E-state index in [9.17, 15) is 9.90 Å². The lowest BCUT2D eigenvalue weighted by molar-refractivity contribution is 0.447. The maximum atomic E-state index is 12.6. The van der Waals surface area contributed by atoms with Crippen LogP contribution in [-0.2, 0) is 6.54 Å². The van der Waals surface area contributed by atoms with E-state index >= 15 is 0 Å². The van der Waals surface area contributed by atoms with Crippen LogP contribution in [0.4, 0.5) is 0 Å². The normalized spacial score (nSPS) is 12.3. The number of nitrogens with two attached hydrogens (primary N) is 1. The number of fused-ring (bicyclic) bond motifs is 1. The molecule has 2 aromatic rings. The molecule has 0 bridgehead atoms. The first-order valence-electron chi connectivity index (χ1n) is 6.62. The standard InChI is InChI=1S/C14H18N4O2S/c1-3-18-10-7-5-4-6-9(10)12(19)11(13(18)20)8(2)16-17-14(15)21/h4-8,16,19H,3H2,1-2H3,(H3,15,17,21)/t8-/m0/s1. The van der Waals surface area contributed by atoms with Crippen LogP contribution in [0.25, 0.3) is 10.9 Å². The van der Waals surface area contributed by atoms with E-state index in [-0.39, 0.29) is 22.0 Å². The molecule has 0 saturated carbocycles. The molecule has 1 heterocycles. The number of thiocarbonyl (C=S) groups is 1. The van der Waals surface area contributed by atoms with Gasteiger partial charge in [0.1, 0.15) is 5.75 Å². The molecule has 6 nitrogen and oxygen atoms in total. The largest absolute Gasteiger partial charge is 0.507 e. The van der Waals surface area contributed by atoms with Gasteiger partial charge in [-0.05, 0) is 38.2 Å². The van der Waals surface area contributed by atoms with Crippen LogP contribution >= 0.6 is 12.2 Å². The highest BCUT2D eigenvalue weighted by molar-refractivity contribution is 7.80. The van der Waals surface area contributed by atoms with Crippen LogP contribution in [-0.4, -0.2) is 14.8 Å². The summed E-state index contributed by atoms with van der Waals surface area (Å²) in [6.07, 6.45) is 0. The van der Waals surface area contributed by atoms with Crippen molar-refractivity contribution in [1.82, 2.24) is 15.4 Å². The zero-order valence-corrected chi connectivity index (χ0v) is 12.7. The number of aromatic nitrogens is 1. The molecule has 1 aromatic carbocycles. The Hall–Kier alpha value is -2.12. The molecular formula is C14H18N4O2S. The van der Waals surface area contributed by atoms with E-state index in [0.717, 1.165) is 0 Å². The predicted molar refractivity (Wildman–Crippen MR) is 87.0 cm³/mol. The van der Waals surface area contributed by atoms with Crippen LogP contribution in [0.2, 0.25) is 0 Å². The Morgan fingerprint density at radius 2 is 2.14 bits per heavy atom. The molecule has 112 valence electrons. The maximum absolute atomic E-state index is 12.6. The lowest BCUT2D eigenvalue weighted by Crippen LogP contribution is -2.43. The molecule has 2 rings (SSSR count). The topological polar surface area (TPSA) is 92.3 Å². The fraction of sp³-hybridized carbons (Fsp3) is 0.286. The molecule has 0 amide bonds. The van der Waals surface area contributed by atoms with Gasteiger partial charge in [-0.1, -0.05) is 12.1 Å². The van der Waals surface area contributed by atoms with Crippen molar-refractivity contribution in [3.8, 4) is 5.75 Å². The Kier molecular flexibility index (Phi) is 4.44. The quantitative estimate of drug-likeness (QED) is 0.500. The molecule has 0 aliphatic heterocycles. The van der Waals surface area contributed by atoms with Gasteiger partial charge >= 0.3 is 0 Å². The molecule has 7 heteroatoms. The summed E-state index contributed by atoms with van der Waals surface area (Å²) >= 11 is 4.71. The lowest BCUT2D eigenvalue weighted by atomic mass is 10.1. The number of rotatable bonds is 4. The highest BCUT2D eigenvalue weighted by atomic mass is 32.1. The first-order valence-corrected chi connectivity index (χ1v) is 7.03. The summed E-state index contributed by atoms with van der Waals surface area (Å²) < 4.78 is 1.63.